The van der Waals surface area contributed by atoms with Gasteiger partial charge in [0.05, 0.1) is 5.69 Å². The van der Waals surface area contributed by atoms with Crippen molar-refractivity contribution in [2.24, 2.45) is 0 Å². The van der Waals surface area contributed by atoms with E-state index in [1.807, 2.05) is 29.2 Å². The molecule has 2 rings (SSSR count). The number of hydrogen-bond acceptors (Lipinski definition) is 3. The number of anilines is 1. The molecular formula is C18H26N2O3. The summed E-state index contributed by atoms with van der Waals surface area (Å²) in [5.41, 5.74) is 0.751. The van der Waals surface area contributed by atoms with Gasteiger partial charge in [0.1, 0.15) is 5.75 Å². The summed E-state index contributed by atoms with van der Waals surface area (Å²) in [6.07, 6.45) is 1.72. The zero-order chi connectivity index (χ0) is 16.8. The highest BCUT2D eigenvalue weighted by atomic mass is 16.5. The van der Waals surface area contributed by atoms with Crippen molar-refractivity contribution in [3.8, 4) is 5.75 Å². The summed E-state index contributed by atoms with van der Waals surface area (Å²) >= 11 is 0. The van der Waals surface area contributed by atoms with Crippen LogP contribution in [0.3, 0.4) is 0 Å². The quantitative estimate of drug-likeness (QED) is 0.777. The molecule has 1 heterocycles. The van der Waals surface area contributed by atoms with Crippen LogP contribution in [0.2, 0.25) is 0 Å². The number of carbonyl (C=O) groups excluding carboxylic acids is 2. The zero-order valence-electron chi connectivity index (χ0n) is 14.2. The van der Waals surface area contributed by atoms with Gasteiger partial charge in [0.2, 0.25) is 5.91 Å². The van der Waals surface area contributed by atoms with E-state index in [1.54, 1.807) is 11.8 Å². The van der Waals surface area contributed by atoms with Gasteiger partial charge in [0.15, 0.2) is 6.10 Å². The number of amides is 2. The third-order valence-electron chi connectivity index (χ3n) is 3.96. The number of para-hydroxylation sites is 2. The standard InChI is InChI=1S/C18H26N2O3/c1-4-11-19(12-5-2)17(21)10-13-20-15-8-6-7-9-16(15)23-14(3)18(20)22/h6-9,14H,4-5,10-13H2,1-3H3. The highest BCUT2D eigenvalue weighted by molar-refractivity contribution is 6.00. The van der Waals surface area contributed by atoms with Crippen molar-refractivity contribution >= 4 is 17.5 Å². The fourth-order valence-corrected chi connectivity index (χ4v) is 2.86. The number of nitrogens with zero attached hydrogens (tertiary/aromatic N) is 2. The SMILES string of the molecule is CCCN(CCC)C(=O)CCN1C(=O)C(C)Oc2ccccc21. The Morgan fingerprint density at radius 3 is 2.52 bits per heavy atom. The van der Waals surface area contributed by atoms with Gasteiger partial charge in [-0.05, 0) is 31.9 Å². The van der Waals surface area contributed by atoms with E-state index in [4.69, 9.17) is 4.74 Å². The zero-order valence-corrected chi connectivity index (χ0v) is 14.2. The monoisotopic (exact) mass is 318 g/mol. The lowest BCUT2D eigenvalue weighted by atomic mass is 10.1. The van der Waals surface area contributed by atoms with Gasteiger partial charge < -0.3 is 14.5 Å². The molecule has 0 spiro atoms. The van der Waals surface area contributed by atoms with E-state index in [1.165, 1.54) is 0 Å². The molecule has 1 atom stereocenters. The number of rotatable bonds is 7. The van der Waals surface area contributed by atoms with E-state index in [-0.39, 0.29) is 11.8 Å². The molecule has 0 saturated carbocycles. The van der Waals surface area contributed by atoms with Gasteiger partial charge in [-0.15, -0.1) is 0 Å². The molecule has 1 aliphatic heterocycles. The average molecular weight is 318 g/mol. The molecule has 0 N–H and O–H groups in total. The Morgan fingerprint density at radius 1 is 1.22 bits per heavy atom. The van der Waals surface area contributed by atoms with Gasteiger partial charge in [0.25, 0.3) is 5.91 Å². The van der Waals surface area contributed by atoms with Crippen LogP contribution in [0.1, 0.15) is 40.0 Å². The van der Waals surface area contributed by atoms with Crippen molar-refractivity contribution in [1.29, 1.82) is 0 Å². The molecule has 1 unspecified atom stereocenters. The molecule has 23 heavy (non-hydrogen) atoms. The maximum absolute atomic E-state index is 12.4. The van der Waals surface area contributed by atoms with Crippen LogP contribution in [-0.2, 0) is 9.59 Å². The second kappa shape index (κ2) is 7.99. The van der Waals surface area contributed by atoms with Crippen LogP contribution < -0.4 is 9.64 Å². The highest BCUT2D eigenvalue weighted by Gasteiger charge is 2.31. The van der Waals surface area contributed by atoms with Crippen molar-refractivity contribution in [3.05, 3.63) is 24.3 Å². The first-order valence-corrected chi connectivity index (χ1v) is 8.43. The molecule has 5 nitrogen and oxygen atoms in total. The van der Waals surface area contributed by atoms with Gasteiger partial charge in [0, 0.05) is 26.1 Å². The summed E-state index contributed by atoms with van der Waals surface area (Å²) < 4.78 is 5.62. The van der Waals surface area contributed by atoms with Crippen molar-refractivity contribution < 1.29 is 14.3 Å². The number of carbonyl (C=O) groups is 2. The van der Waals surface area contributed by atoms with Crippen molar-refractivity contribution in [3.63, 3.8) is 0 Å². The topological polar surface area (TPSA) is 49.9 Å². The number of hydrogen-bond donors (Lipinski definition) is 0. The van der Waals surface area contributed by atoms with Crippen LogP contribution in [0, 0.1) is 0 Å². The molecule has 0 radical (unpaired) electrons. The second-order valence-electron chi connectivity index (χ2n) is 5.85. The summed E-state index contributed by atoms with van der Waals surface area (Å²) in [6.45, 7) is 7.83. The number of ether oxygens (including phenoxy) is 1. The van der Waals surface area contributed by atoms with Gasteiger partial charge in [-0.2, -0.15) is 0 Å². The highest BCUT2D eigenvalue weighted by Crippen LogP contribution is 2.33. The van der Waals surface area contributed by atoms with Crippen LogP contribution in [-0.4, -0.2) is 42.5 Å². The summed E-state index contributed by atoms with van der Waals surface area (Å²) in [5, 5.41) is 0. The van der Waals surface area contributed by atoms with E-state index in [0.717, 1.165) is 31.6 Å². The third kappa shape index (κ3) is 4.03. The fraction of sp³-hybridized carbons (Fsp3) is 0.556. The molecule has 1 aliphatic rings. The lowest BCUT2D eigenvalue weighted by molar-refractivity contribution is -0.131. The lowest BCUT2D eigenvalue weighted by Gasteiger charge is -2.33. The molecule has 2 amide bonds. The molecule has 0 fully saturated rings. The molecule has 1 aromatic carbocycles. The first-order valence-electron chi connectivity index (χ1n) is 8.43. The Labute approximate surface area is 138 Å². The van der Waals surface area contributed by atoms with Gasteiger partial charge in [-0.25, -0.2) is 0 Å². The molecule has 1 aromatic rings. The molecule has 0 saturated heterocycles. The lowest BCUT2D eigenvalue weighted by Crippen LogP contribution is -2.46. The summed E-state index contributed by atoms with van der Waals surface area (Å²) in [5.74, 6) is 0.721. The van der Waals surface area contributed by atoms with Gasteiger partial charge in [-0.3, -0.25) is 9.59 Å². The Bertz CT molecular complexity index is 553. The van der Waals surface area contributed by atoms with Gasteiger partial charge in [-0.1, -0.05) is 26.0 Å². The van der Waals surface area contributed by atoms with Crippen LogP contribution in [0.25, 0.3) is 0 Å². The minimum atomic E-state index is -0.512. The normalized spacial score (nSPS) is 16.7. The molecule has 0 aromatic heterocycles. The average Bonchev–Trinajstić information content (AvgIpc) is 2.55. The minimum absolute atomic E-state index is 0.0889. The molecule has 0 aliphatic carbocycles. The largest absolute Gasteiger partial charge is 0.479 e. The second-order valence-corrected chi connectivity index (χ2v) is 5.85. The van der Waals surface area contributed by atoms with E-state index in [2.05, 4.69) is 13.8 Å². The van der Waals surface area contributed by atoms with E-state index in [9.17, 15) is 9.59 Å². The Kier molecular flexibility index (Phi) is 6.02. The van der Waals surface area contributed by atoms with E-state index >= 15 is 0 Å². The van der Waals surface area contributed by atoms with E-state index in [0.29, 0.717) is 18.7 Å². The Hall–Kier alpha value is -2.04. The number of fused-ring (bicyclic) bond motifs is 1. The maximum Gasteiger partial charge on any atom is 0.267 e. The third-order valence-corrected chi connectivity index (χ3v) is 3.96. The predicted octanol–water partition coefficient (Wildman–Crippen LogP) is 2.84. The maximum atomic E-state index is 12.4. The summed E-state index contributed by atoms with van der Waals surface area (Å²) in [6, 6.07) is 7.47. The van der Waals surface area contributed by atoms with Crippen LogP contribution in [0.15, 0.2) is 24.3 Å². The first kappa shape index (κ1) is 17.3. The van der Waals surface area contributed by atoms with Crippen molar-refractivity contribution in [2.75, 3.05) is 24.5 Å². The smallest absolute Gasteiger partial charge is 0.267 e. The summed E-state index contributed by atoms with van der Waals surface area (Å²) in [7, 11) is 0. The van der Waals surface area contributed by atoms with Crippen molar-refractivity contribution in [1.82, 2.24) is 4.90 Å². The molecule has 5 heteroatoms. The van der Waals surface area contributed by atoms with Crippen LogP contribution in [0.4, 0.5) is 5.69 Å². The molecular weight excluding hydrogens is 292 g/mol. The Morgan fingerprint density at radius 2 is 1.87 bits per heavy atom. The predicted molar refractivity (Wildman–Crippen MR) is 90.7 cm³/mol. The Balaban J connectivity index is 2.07. The first-order chi connectivity index (χ1) is 11.1. The summed E-state index contributed by atoms with van der Waals surface area (Å²) in [4.78, 5) is 28.4. The number of benzene rings is 1. The van der Waals surface area contributed by atoms with Crippen LogP contribution >= 0.6 is 0 Å². The van der Waals surface area contributed by atoms with Crippen molar-refractivity contribution in [2.45, 2.75) is 46.1 Å². The molecule has 126 valence electrons. The van der Waals surface area contributed by atoms with E-state index < -0.39 is 6.10 Å². The van der Waals surface area contributed by atoms with Crippen LogP contribution in [0.5, 0.6) is 5.75 Å². The minimum Gasteiger partial charge on any atom is -0.479 e. The fourth-order valence-electron chi connectivity index (χ4n) is 2.86. The molecule has 0 bridgehead atoms. The van der Waals surface area contributed by atoms with Gasteiger partial charge >= 0.3 is 0 Å².